The largest absolute Gasteiger partial charge is 0.472 e. The van der Waals surface area contributed by atoms with E-state index in [0.717, 1.165) is 83.5 Å². The maximum atomic E-state index is 12.2. The molecule has 0 aromatic rings. The van der Waals surface area contributed by atoms with Crippen molar-refractivity contribution in [3.05, 3.63) is 97.2 Å². The molecule has 5 N–H and O–H groups in total. The second-order valence-corrected chi connectivity index (χ2v) is 21.1. The highest BCUT2D eigenvalue weighted by Crippen LogP contribution is 2.45. The predicted octanol–water partition coefficient (Wildman–Crippen LogP) is 13.8. The monoisotopic (exact) mass is 1080 g/mol. The number of carbonyl (C=O) groups excluding carboxylic acids is 2. The molecule has 0 fully saturated rings. The smallest absolute Gasteiger partial charge is 0.463 e. The highest BCUT2D eigenvalue weighted by atomic mass is 31.2. The van der Waals surface area contributed by atoms with E-state index in [1.54, 1.807) is 0 Å². The van der Waals surface area contributed by atoms with E-state index in [2.05, 4.69) is 125 Å². The van der Waals surface area contributed by atoms with Gasteiger partial charge in [0.1, 0.15) is 31.5 Å². The molecule has 0 aromatic heterocycles. The van der Waals surface area contributed by atoms with Crippen LogP contribution in [0.15, 0.2) is 97.2 Å². The molecule has 426 valence electrons. The zero-order valence-electron chi connectivity index (χ0n) is 45.2. The minimum Gasteiger partial charge on any atom is -0.463 e. The number of carbonyl (C=O) groups is 2. The number of unbranched alkanes of at least 4 members (excludes halogenated alkanes) is 16. The van der Waals surface area contributed by atoms with E-state index in [1.165, 1.54) is 70.6 Å². The Balaban J connectivity index is 3.89. The van der Waals surface area contributed by atoms with Gasteiger partial charge in [0.25, 0.3) is 0 Å². The van der Waals surface area contributed by atoms with Crippen molar-refractivity contribution in [3.8, 4) is 0 Å². The molecule has 74 heavy (non-hydrogen) atoms. The first-order valence-corrected chi connectivity index (χ1v) is 30.6. The molecule has 17 heteroatoms. The van der Waals surface area contributed by atoms with Crippen LogP contribution in [0.1, 0.15) is 194 Å². The summed E-state index contributed by atoms with van der Waals surface area (Å²) in [6, 6.07) is 0. The van der Waals surface area contributed by atoms with Crippen LogP contribution in [-0.2, 0) is 46.3 Å². The normalized spacial score (nSPS) is 15.5. The first-order chi connectivity index (χ1) is 35.8. The van der Waals surface area contributed by atoms with Crippen LogP contribution in [0.4, 0.5) is 0 Å². The van der Waals surface area contributed by atoms with E-state index in [4.69, 9.17) is 14.0 Å². The third-order valence-electron chi connectivity index (χ3n) is 11.0. The van der Waals surface area contributed by atoms with Crippen molar-refractivity contribution in [3.63, 3.8) is 0 Å². The van der Waals surface area contributed by atoms with Gasteiger partial charge in [0, 0.05) is 12.8 Å². The van der Waals surface area contributed by atoms with Crippen LogP contribution in [0.25, 0.3) is 0 Å². The highest BCUT2D eigenvalue weighted by molar-refractivity contribution is 7.47. The number of aliphatic hydroxyl groups is 3. The molecule has 0 aliphatic heterocycles. The van der Waals surface area contributed by atoms with Crippen molar-refractivity contribution < 1.29 is 71.4 Å². The Morgan fingerprint density at radius 1 is 0.365 bits per heavy atom. The van der Waals surface area contributed by atoms with Gasteiger partial charge in [-0.15, -0.1) is 0 Å². The van der Waals surface area contributed by atoms with Gasteiger partial charge in [-0.1, -0.05) is 182 Å². The summed E-state index contributed by atoms with van der Waals surface area (Å²) < 4.78 is 53.1. The Morgan fingerprint density at radius 2 is 0.622 bits per heavy atom. The Bertz CT molecular complexity index is 1690. The summed E-state index contributed by atoms with van der Waals surface area (Å²) in [5, 5.41) is 30.1. The second kappa shape index (κ2) is 52.0. The van der Waals surface area contributed by atoms with Gasteiger partial charge in [-0.3, -0.25) is 27.7 Å². The van der Waals surface area contributed by atoms with Crippen LogP contribution in [-0.4, -0.2) is 95.0 Å². The molecule has 0 saturated heterocycles. The molecule has 0 amide bonds. The number of esters is 2. The van der Waals surface area contributed by atoms with Crippen molar-refractivity contribution in [1.29, 1.82) is 0 Å². The van der Waals surface area contributed by atoms with Crippen LogP contribution < -0.4 is 0 Å². The summed E-state index contributed by atoms with van der Waals surface area (Å²) in [7, 11) is -9.61. The molecule has 0 heterocycles. The highest BCUT2D eigenvalue weighted by Gasteiger charge is 2.28. The number of aliphatic hydroxyl groups excluding tert-OH is 3. The van der Waals surface area contributed by atoms with Crippen LogP contribution in [0.2, 0.25) is 0 Å². The fourth-order valence-corrected chi connectivity index (χ4v) is 8.37. The topological polar surface area (TPSA) is 225 Å². The lowest BCUT2D eigenvalue weighted by atomic mass is 10.0. The van der Waals surface area contributed by atoms with Crippen molar-refractivity contribution in [2.45, 2.75) is 212 Å². The number of rotatable bonds is 52. The molecule has 15 nitrogen and oxygen atoms in total. The Hall–Kier alpha value is -3.04. The number of hydrogen-bond donors (Lipinski definition) is 5. The third-order valence-corrected chi connectivity index (χ3v) is 12.9. The zero-order valence-corrected chi connectivity index (χ0v) is 47.0. The summed E-state index contributed by atoms with van der Waals surface area (Å²) >= 11 is 0. The van der Waals surface area contributed by atoms with Gasteiger partial charge in [-0.05, 0) is 96.3 Å². The van der Waals surface area contributed by atoms with Gasteiger partial charge >= 0.3 is 27.6 Å². The molecular formula is C57H98O15P2. The molecule has 0 spiro atoms. The lowest BCUT2D eigenvalue weighted by Gasteiger charge is -2.19. The summed E-state index contributed by atoms with van der Waals surface area (Å²) in [6.45, 7) is 0.234. The van der Waals surface area contributed by atoms with E-state index in [0.29, 0.717) is 12.8 Å². The average Bonchev–Trinajstić information content (AvgIpc) is 3.38. The quantitative estimate of drug-likeness (QED) is 0.0165. The zero-order chi connectivity index (χ0) is 54.5. The lowest BCUT2D eigenvalue weighted by molar-refractivity contribution is -0.148. The van der Waals surface area contributed by atoms with Crippen LogP contribution in [0.3, 0.4) is 0 Å². The molecule has 0 aliphatic rings. The number of phosphoric ester groups is 2. The third kappa shape index (κ3) is 53.8. The maximum Gasteiger partial charge on any atom is 0.472 e. The predicted molar refractivity (Wildman–Crippen MR) is 297 cm³/mol. The van der Waals surface area contributed by atoms with Crippen LogP contribution in [0.5, 0.6) is 0 Å². The van der Waals surface area contributed by atoms with E-state index < -0.39 is 85.5 Å². The fraction of sp³-hybridized carbons (Fsp3) is 0.684. The van der Waals surface area contributed by atoms with Crippen molar-refractivity contribution in [2.24, 2.45) is 0 Å². The molecule has 0 saturated carbocycles. The molecule has 0 aromatic carbocycles. The van der Waals surface area contributed by atoms with Crippen LogP contribution in [0, 0.1) is 0 Å². The van der Waals surface area contributed by atoms with Gasteiger partial charge < -0.3 is 34.6 Å². The minimum atomic E-state index is -4.81. The standard InChI is InChI=1S/C57H98O15P2/c1-3-5-7-9-11-13-15-17-19-21-23-25-27-29-31-33-35-37-39-41-43-45-56(61)67-47-53(58)49-69-73(63,64)71-51-55(60)52-72-74(65,66)70-50-54(59)48-68-57(62)46-44-42-40-38-36-34-32-30-28-26-24-22-20-18-16-14-12-10-8-6-4-2/h5,7,11-14,17-20,23,25,29,31,35,37,53-55,58-60H,3-4,6,8-10,15-16,21-22,24,26-28,30,32-34,36,38-52H2,1-2H3,(H,63,64)(H,65,66)/b7-5-,13-11-,14-12-,19-17-,20-18-,25-23-,31-29-,37-35-. The minimum absolute atomic E-state index is 0.137. The Labute approximate surface area is 446 Å². The molecule has 5 unspecified atom stereocenters. The molecule has 0 bridgehead atoms. The Morgan fingerprint density at radius 3 is 0.959 bits per heavy atom. The van der Waals surface area contributed by atoms with Crippen molar-refractivity contribution in [2.75, 3.05) is 39.6 Å². The van der Waals surface area contributed by atoms with Gasteiger partial charge in [0.2, 0.25) is 0 Å². The molecule has 0 rings (SSSR count). The number of phosphoric acid groups is 2. The van der Waals surface area contributed by atoms with Gasteiger partial charge in [-0.2, -0.15) is 0 Å². The lowest BCUT2D eigenvalue weighted by Crippen LogP contribution is -2.25. The van der Waals surface area contributed by atoms with Gasteiger partial charge in [-0.25, -0.2) is 9.13 Å². The number of ether oxygens (including phenoxy) is 2. The van der Waals surface area contributed by atoms with E-state index in [9.17, 15) is 43.8 Å². The van der Waals surface area contributed by atoms with Crippen LogP contribution >= 0.6 is 15.6 Å². The summed E-state index contributed by atoms with van der Waals surface area (Å²) in [6.07, 6.45) is 58.2. The molecular weight excluding hydrogens is 987 g/mol. The molecule has 0 aliphatic carbocycles. The van der Waals surface area contributed by atoms with Gasteiger partial charge in [0.05, 0.1) is 26.4 Å². The first-order valence-electron chi connectivity index (χ1n) is 27.6. The van der Waals surface area contributed by atoms with E-state index in [1.807, 2.05) is 0 Å². The van der Waals surface area contributed by atoms with Crippen molar-refractivity contribution in [1.82, 2.24) is 0 Å². The Kier molecular flexibility index (Phi) is 49.9. The first kappa shape index (κ1) is 71.0. The summed E-state index contributed by atoms with van der Waals surface area (Å²) in [4.78, 5) is 43.9. The van der Waals surface area contributed by atoms with Gasteiger partial charge in [0.15, 0.2) is 0 Å². The van der Waals surface area contributed by atoms with E-state index in [-0.39, 0.29) is 12.8 Å². The van der Waals surface area contributed by atoms with Crippen molar-refractivity contribution >= 4 is 27.6 Å². The number of allylic oxidation sites excluding steroid dienone is 16. The molecule has 5 atom stereocenters. The summed E-state index contributed by atoms with van der Waals surface area (Å²) in [5.41, 5.74) is 0. The fourth-order valence-electron chi connectivity index (χ4n) is 6.77. The SMILES string of the molecule is CC/C=C\C/C=C\C/C=C\C/C=C\C/C=C\C/C=C\CCCCC(=O)OCC(O)COP(=O)(O)OCC(O)COP(=O)(O)OCC(O)COC(=O)CCCCCCCCCCCCC/C=C\C/C=C\CCCCC. The number of hydrogen-bond acceptors (Lipinski definition) is 13. The molecule has 0 radical (unpaired) electrons. The summed E-state index contributed by atoms with van der Waals surface area (Å²) in [5.74, 6) is -1.04. The average molecular weight is 1090 g/mol. The maximum absolute atomic E-state index is 12.2. The van der Waals surface area contributed by atoms with E-state index >= 15 is 0 Å². The second-order valence-electron chi connectivity index (χ2n) is 18.2.